The molecule has 17 heavy (non-hydrogen) atoms. The summed E-state index contributed by atoms with van der Waals surface area (Å²) < 4.78 is 0.895. The molecule has 4 heteroatoms. The third kappa shape index (κ3) is 2.58. The van der Waals surface area contributed by atoms with E-state index in [0.717, 1.165) is 15.8 Å². The molecule has 0 aliphatic heterocycles. The molecule has 0 N–H and O–H groups in total. The van der Waals surface area contributed by atoms with Crippen LogP contribution in [0, 0.1) is 5.21 Å². The van der Waals surface area contributed by atoms with Crippen molar-refractivity contribution in [3.05, 3.63) is 41.4 Å². The van der Waals surface area contributed by atoms with E-state index >= 15 is 0 Å². The lowest BCUT2D eigenvalue weighted by Gasteiger charge is -2.18. The number of rotatable bonds is 1. The maximum Gasteiger partial charge on any atom is 0.202 e. The Labute approximate surface area is 100 Å². The van der Waals surface area contributed by atoms with Crippen LogP contribution in [0.3, 0.4) is 0 Å². The van der Waals surface area contributed by atoms with Gasteiger partial charge >= 0.3 is 0 Å². The van der Waals surface area contributed by atoms with E-state index < -0.39 is 5.54 Å². The molecule has 88 valence electrons. The van der Waals surface area contributed by atoms with Crippen molar-refractivity contribution in [3.8, 4) is 0 Å². The van der Waals surface area contributed by atoms with Gasteiger partial charge in [-0.3, -0.25) is 4.98 Å². The Morgan fingerprint density at radius 2 is 1.82 bits per heavy atom. The minimum absolute atomic E-state index is 0.465. The normalized spacial score (nSPS) is 13.0. The minimum Gasteiger partial charge on any atom is -0.623 e. The molecule has 1 heterocycles. The molecule has 0 aliphatic rings. The highest BCUT2D eigenvalue weighted by Crippen LogP contribution is 2.09. The van der Waals surface area contributed by atoms with E-state index in [4.69, 9.17) is 0 Å². The van der Waals surface area contributed by atoms with E-state index in [9.17, 15) is 5.21 Å². The first-order valence-corrected chi connectivity index (χ1v) is 5.50. The molecule has 1 aromatic carbocycles. The van der Waals surface area contributed by atoms with Crippen molar-refractivity contribution in [2.24, 2.45) is 0 Å². The van der Waals surface area contributed by atoms with E-state index in [1.165, 1.54) is 6.21 Å². The van der Waals surface area contributed by atoms with Crippen molar-refractivity contribution in [2.75, 3.05) is 0 Å². The second-order valence-corrected chi connectivity index (χ2v) is 4.91. The first kappa shape index (κ1) is 11.5. The maximum absolute atomic E-state index is 11.8. The van der Waals surface area contributed by atoms with Gasteiger partial charge in [0, 0.05) is 20.8 Å². The highest BCUT2D eigenvalue weighted by atomic mass is 16.5. The first-order chi connectivity index (χ1) is 7.97. The Bertz CT molecular complexity index is 570. The first-order valence-electron chi connectivity index (χ1n) is 5.50. The van der Waals surface area contributed by atoms with Gasteiger partial charge < -0.3 is 5.21 Å². The van der Waals surface area contributed by atoms with Gasteiger partial charge in [0.15, 0.2) is 5.54 Å². The fourth-order valence-electron chi connectivity index (χ4n) is 1.35. The smallest absolute Gasteiger partial charge is 0.202 e. The molecule has 0 fully saturated rings. The second kappa shape index (κ2) is 4.13. The van der Waals surface area contributed by atoms with Crippen LogP contribution in [0.25, 0.3) is 11.0 Å². The molecule has 0 unspecified atom stereocenters. The number of aromatic nitrogens is 2. The summed E-state index contributed by atoms with van der Waals surface area (Å²) in [5, 5.41) is 11.8. The number of fused-ring (bicyclic) bond motifs is 1. The minimum atomic E-state index is -0.465. The van der Waals surface area contributed by atoms with Gasteiger partial charge in [0.2, 0.25) is 6.21 Å². The van der Waals surface area contributed by atoms with Crippen LogP contribution in [-0.2, 0) is 0 Å². The summed E-state index contributed by atoms with van der Waals surface area (Å²) in [4.78, 5) is 8.63. The Morgan fingerprint density at radius 3 is 2.47 bits per heavy atom. The molecule has 0 atom stereocenters. The second-order valence-electron chi connectivity index (χ2n) is 4.91. The number of para-hydroxylation sites is 2. The number of hydrogen-bond acceptors (Lipinski definition) is 3. The molecule has 2 rings (SSSR count). The molecule has 0 radical (unpaired) electrons. The Kier molecular flexibility index (Phi) is 2.79. The standard InChI is InChI=1S/C13H15N3O/c1-13(2,3)16(17)9-10-8-14-11-6-4-5-7-12(11)15-10/h4-9H,1-3H3/b16-9-. The SMILES string of the molecule is CC(C)(C)/[N+]([O-])=C/c1cnc2ccccc2n1. The lowest BCUT2D eigenvalue weighted by Crippen LogP contribution is -2.29. The molecular weight excluding hydrogens is 214 g/mol. The Morgan fingerprint density at radius 1 is 1.18 bits per heavy atom. The summed E-state index contributed by atoms with van der Waals surface area (Å²) in [6, 6.07) is 7.59. The number of hydrogen-bond donors (Lipinski definition) is 0. The zero-order chi connectivity index (χ0) is 12.5. The van der Waals surface area contributed by atoms with E-state index in [1.807, 2.05) is 45.0 Å². The molecule has 0 aliphatic carbocycles. The van der Waals surface area contributed by atoms with Crippen LogP contribution >= 0.6 is 0 Å². The summed E-state index contributed by atoms with van der Waals surface area (Å²) in [5.74, 6) is 0. The van der Waals surface area contributed by atoms with E-state index in [1.54, 1.807) is 6.20 Å². The van der Waals surface area contributed by atoms with Crippen molar-refractivity contribution in [3.63, 3.8) is 0 Å². The summed E-state index contributed by atoms with van der Waals surface area (Å²) in [6.07, 6.45) is 3.08. The van der Waals surface area contributed by atoms with Gasteiger partial charge in [-0.1, -0.05) is 12.1 Å². The van der Waals surface area contributed by atoms with Crippen LogP contribution in [0.15, 0.2) is 30.5 Å². The third-order valence-corrected chi connectivity index (χ3v) is 2.38. The van der Waals surface area contributed by atoms with Crippen molar-refractivity contribution < 1.29 is 4.74 Å². The quantitative estimate of drug-likeness (QED) is 0.326. The van der Waals surface area contributed by atoms with Crippen molar-refractivity contribution in [1.29, 1.82) is 0 Å². The van der Waals surface area contributed by atoms with Gasteiger partial charge in [-0.2, -0.15) is 0 Å². The largest absolute Gasteiger partial charge is 0.623 e. The van der Waals surface area contributed by atoms with Gasteiger partial charge in [0.25, 0.3) is 0 Å². The molecule has 2 aromatic rings. The predicted molar refractivity (Wildman–Crippen MR) is 68.1 cm³/mol. The van der Waals surface area contributed by atoms with Crippen LogP contribution < -0.4 is 0 Å². The number of benzene rings is 1. The molecular formula is C13H15N3O. The molecule has 0 spiro atoms. The lowest BCUT2D eigenvalue weighted by atomic mass is 10.1. The van der Waals surface area contributed by atoms with Crippen LogP contribution in [0.5, 0.6) is 0 Å². The number of nitrogens with zero attached hydrogens (tertiary/aromatic N) is 3. The average molecular weight is 229 g/mol. The van der Waals surface area contributed by atoms with Crippen LogP contribution in [0.4, 0.5) is 0 Å². The molecule has 0 amide bonds. The Hall–Kier alpha value is -1.97. The van der Waals surface area contributed by atoms with E-state index in [-0.39, 0.29) is 0 Å². The number of hydroxylamine groups is 1. The molecule has 1 aromatic heterocycles. The summed E-state index contributed by atoms with van der Waals surface area (Å²) in [5.41, 5.74) is 1.74. The monoisotopic (exact) mass is 229 g/mol. The van der Waals surface area contributed by atoms with E-state index in [2.05, 4.69) is 9.97 Å². The van der Waals surface area contributed by atoms with Crippen LogP contribution in [0.1, 0.15) is 26.5 Å². The average Bonchev–Trinajstić information content (AvgIpc) is 2.27. The van der Waals surface area contributed by atoms with Crippen LogP contribution in [0.2, 0.25) is 0 Å². The summed E-state index contributed by atoms with van der Waals surface area (Å²) >= 11 is 0. The Balaban J connectivity index is 2.44. The van der Waals surface area contributed by atoms with Crippen LogP contribution in [-0.4, -0.2) is 26.5 Å². The topological polar surface area (TPSA) is 51.9 Å². The molecule has 4 nitrogen and oxygen atoms in total. The maximum atomic E-state index is 11.8. The van der Waals surface area contributed by atoms with Gasteiger partial charge in [-0.05, 0) is 12.1 Å². The van der Waals surface area contributed by atoms with Crippen molar-refractivity contribution in [1.82, 2.24) is 9.97 Å². The highest BCUT2D eigenvalue weighted by molar-refractivity contribution is 5.79. The lowest BCUT2D eigenvalue weighted by molar-refractivity contribution is -0.530. The zero-order valence-corrected chi connectivity index (χ0v) is 10.2. The highest BCUT2D eigenvalue weighted by Gasteiger charge is 2.18. The summed E-state index contributed by atoms with van der Waals surface area (Å²) in [7, 11) is 0. The van der Waals surface area contributed by atoms with E-state index in [0.29, 0.717) is 5.69 Å². The van der Waals surface area contributed by atoms with Gasteiger partial charge in [0.1, 0.15) is 5.69 Å². The molecule has 0 saturated carbocycles. The summed E-state index contributed by atoms with van der Waals surface area (Å²) in [6.45, 7) is 5.56. The molecule has 0 bridgehead atoms. The molecule has 0 saturated heterocycles. The van der Waals surface area contributed by atoms with Gasteiger partial charge in [-0.25, -0.2) is 9.72 Å². The fourth-order valence-corrected chi connectivity index (χ4v) is 1.35. The zero-order valence-electron chi connectivity index (χ0n) is 10.2. The van der Waals surface area contributed by atoms with Gasteiger partial charge in [-0.15, -0.1) is 0 Å². The van der Waals surface area contributed by atoms with Gasteiger partial charge in [0.05, 0.1) is 17.2 Å². The van der Waals surface area contributed by atoms with Crippen molar-refractivity contribution in [2.45, 2.75) is 26.3 Å². The predicted octanol–water partition coefficient (Wildman–Crippen LogP) is 2.36. The fraction of sp³-hybridized carbons (Fsp3) is 0.308. The third-order valence-electron chi connectivity index (χ3n) is 2.38. The van der Waals surface area contributed by atoms with Crippen molar-refractivity contribution >= 4 is 17.2 Å².